The number of nitrogens with one attached hydrogen (secondary N) is 1. The predicted molar refractivity (Wildman–Crippen MR) is 86.9 cm³/mol. The maximum absolute atomic E-state index is 12.0. The molecular weight excluding hydrogens is 284 g/mol. The van der Waals surface area contributed by atoms with E-state index < -0.39 is 10.0 Å². The number of hydrogen-bond donors (Lipinski definition) is 1. The fourth-order valence-electron chi connectivity index (χ4n) is 2.85. The third kappa shape index (κ3) is 3.77. The van der Waals surface area contributed by atoms with Crippen LogP contribution in [0, 0.1) is 11.8 Å². The van der Waals surface area contributed by atoms with Crippen LogP contribution in [0.4, 0.5) is 5.69 Å². The number of sulfonamides is 1. The fourth-order valence-corrected chi connectivity index (χ4v) is 3.75. The fraction of sp³-hybridized carbons (Fsp3) is 0.625. The van der Waals surface area contributed by atoms with Gasteiger partial charge < -0.3 is 5.32 Å². The molecule has 2 rings (SSSR count). The second kappa shape index (κ2) is 6.36. The predicted octanol–water partition coefficient (Wildman–Crippen LogP) is 3.17. The van der Waals surface area contributed by atoms with Gasteiger partial charge in [-0.05, 0) is 55.4 Å². The Bertz CT molecular complexity index is 566. The highest BCUT2D eigenvalue weighted by molar-refractivity contribution is 7.89. The molecule has 1 aromatic carbocycles. The van der Waals surface area contributed by atoms with Crippen molar-refractivity contribution in [2.24, 2.45) is 11.8 Å². The van der Waals surface area contributed by atoms with Crippen molar-refractivity contribution in [1.29, 1.82) is 0 Å². The average Bonchev–Trinajstić information content (AvgIpc) is 2.43. The molecule has 1 saturated carbocycles. The third-order valence-corrected chi connectivity index (χ3v) is 6.43. The molecule has 1 aliphatic rings. The molecule has 0 aliphatic heterocycles. The zero-order valence-electron chi connectivity index (χ0n) is 13.3. The first kappa shape index (κ1) is 16.3. The summed E-state index contributed by atoms with van der Waals surface area (Å²) in [5.74, 6) is 1.54. The standard InChI is InChI=1S/C16H26N2O2S/c1-12-5-6-15(11-13(12)2)17-14-7-9-16(10-8-14)21(19,20)18(3)4/h7-10,12-13,15,17H,5-6,11H2,1-4H3. The first-order chi connectivity index (χ1) is 9.80. The van der Waals surface area contributed by atoms with Crippen LogP contribution in [0.3, 0.4) is 0 Å². The second-order valence-corrected chi connectivity index (χ2v) is 8.57. The number of hydrogen-bond acceptors (Lipinski definition) is 3. The monoisotopic (exact) mass is 310 g/mol. The van der Waals surface area contributed by atoms with Crippen LogP contribution in [0.15, 0.2) is 29.2 Å². The lowest BCUT2D eigenvalue weighted by Gasteiger charge is -2.33. The van der Waals surface area contributed by atoms with E-state index in [1.54, 1.807) is 26.2 Å². The minimum absolute atomic E-state index is 0.337. The Labute approximate surface area is 128 Å². The molecule has 1 aromatic rings. The highest BCUT2D eigenvalue weighted by Gasteiger charge is 2.24. The molecule has 0 radical (unpaired) electrons. The van der Waals surface area contributed by atoms with Gasteiger partial charge in [0.25, 0.3) is 0 Å². The summed E-state index contributed by atoms with van der Waals surface area (Å²) in [5.41, 5.74) is 0.999. The largest absolute Gasteiger partial charge is 0.382 e. The maximum Gasteiger partial charge on any atom is 0.242 e. The lowest BCUT2D eigenvalue weighted by molar-refractivity contribution is 0.261. The van der Waals surface area contributed by atoms with Gasteiger partial charge in [-0.2, -0.15) is 0 Å². The third-order valence-electron chi connectivity index (χ3n) is 4.60. The van der Waals surface area contributed by atoms with Crippen molar-refractivity contribution in [1.82, 2.24) is 4.31 Å². The summed E-state index contributed by atoms with van der Waals surface area (Å²) in [6.07, 6.45) is 3.62. The van der Waals surface area contributed by atoms with E-state index in [0.717, 1.165) is 17.5 Å². The van der Waals surface area contributed by atoms with Crippen molar-refractivity contribution in [3.05, 3.63) is 24.3 Å². The van der Waals surface area contributed by atoms with Gasteiger partial charge in [-0.3, -0.25) is 0 Å². The molecule has 3 atom stereocenters. The normalized spacial score (nSPS) is 26.8. The van der Waals surface area contributed by atoms with E-state index in [2.05, 4.69) is 19.2 Å². The van der Waals surface area contributed by atoms with E-state index in [0.29, 0.717) is 10.9 Å². The van der Waals surface area contributed by atoms with Gasteiger partial charge in [0.15, 0.2) is 0 Å². The topological polar surface area (TPSA) is 49.4 Å². The molecule has 1 N–H and O–H groups in total. The van der Waals surface area contributed by atoms with Crippen molar-refractivity contribution in [3.8, 4) is 0 Å². The summed E-state index contributed by atoms with van der Waals surface area (Å²) >= 11 is 0. The first-order valence-corrected chi connectivity index (χ1v) is 9.04. The van der Waals surface area contributed by atoms with Gasteiger partial charge in [-0.15, -0.1) is 0 Å². The van der Waals surface area contributed by atoms with E-state index in [4.69, 9.17) is 0 Å². The van der Waals surface area contributed by atoms with E-state index in [1.165, 1.54) is 23.6 Å². The van der Waals surface area contributed by atoms with E-state index >= 15 is 0 Å². The van der Waals surface area contributed by atoms with Gasteiger partial charge >= 0.3 is 0 Å². The molecule has 0 heterocycles. The Balaban J connectivity index is 2.03. The first-order valence-electron chi connectivity index (χ1n) is 7.60. The molecule has 0 aromatic heterocycles. The van der Waals surface area contributed by atoms with E-state index in [-0.39, 0.29) is 0 Å². The molecule has 0 amide bonds. The maximum atomic E-state index is 12.0. The number of anilines is 1. The Morgan fingerprint density at radius 2 is 1.67 bits per heavy atom. The van der Waals surface area contributed by atoms with Gasteiger partial charge in [0.2, 0.25) is 10.0 Å². The average molecular weight is 310 g/mol. The van der Waals surface area contributed by atoms with Crippen molar-refractivity contribution >= 4 is 15.7 Å². The summed E-state index contributed by atoms with van der Waals surface area (Å²) in [4.78, 5) is 0.337. The molecule has 118 valence electrons. The van der Waals surface area contributed by atoms with Crippen molar-refractivity contribution in [2.45, 2.75) is 44.0 Å². The molecule has 1 aliphatic carbocycles. The molecule has 1 fully saturated rings. The van der Waals surface area contributed by atoms with Crippen molar-refractivity contribution in [2.75, 3.05) is 19.4 Å². The Kier molecular flexibility index (Phi) is 4.94. The Morgan fingerprint density at radius 3 is 2.19 bits per heavy atom. The summed E-state index contributed by atoms with van der Waals surface area (Å²) < 4.78 is 25.3. The zero-order valence-corrected chi connectivity index (χ0v) is 14.2. The SMILES string of the molecule is CC1CCC(Nc2ccc(S(=O)(=O)N(C)C)cc2)CC1C. The second-order valence-electron chi connectivity index (χ2n) is 6.42. The molecule has 4 nitrogen and oxygen atoms in total. The summed E-state index contributed by atoms with van der Waals surface area (Å²) in [6, 6.07) is 7.56. The van der Waals surface area contributed by atoms with Crippen LogP contribution in [0.2, 0.25) is 0 Å². The minimum Gasteiger partial charge on any atom is -0.382 e. The van der Waals surface area contributed by atoms with Crippen LogP contribution in [-0.2, 0) is 10.0 Å². The van der Waals surface area contributed by atoms with Crippen LogP contribution in [0.5, 0.6) is 0 Å². The van der Waals surface area contributed by atoms with Gasteiger partial charge in [0.05, 0.1) is 4.90 Å². The Morgan fingerprint density at radius 1 is 1.05 bits per heavy atom. The van der Waals surface area contributed by atoms with Crippen LogP contribution in [-0.4, -0.2) is 32.9 Å². The van der Waals surface area contributed by atoms with Crippen LogP contribution >= 0.6 is 0 Å². The van der Waals surface area contributed by atoms with Gasteiger partial charge in [-0.25, -0.2) is 12.7 Å². The molecular formula is C16H26N2O2S. The summed E-state index contributed by atoms with van der Waals surface area (Å²) in [7, 11) is -0.242. The summed E-state index contributed by atoms with van der Waals surface area (Å²) in [6.45, 7) is 4.63. The lowest BCUT2D eigenvalue weighted by Crippen LogP contribution is -2.30. The van der Waals surface area contributed by atoms with Crippen LogP contribution < -0.4 is 5.32 Å². The number of nitrogens with zero attached hydrogens (tertiary/aromatic N) is 1. The molecule has 21 heavy (non-hydrogen) atoms. The smallest absolute Gasteiger partial charge is 0.242 e. The summed E-state index contributed by atoms with van der Waals surface area (Å²) in [5, 5.41) is 3.53. The highest BCUT2D eigenvalue weighted by Crippen LogP contribution is 2.31. The van der Waals surface area contributed by atoms with Gasteiger partial charge in [0.1, 0.15) is 0 Å². The quantitative estimate of drug-likeness (QED) is 0.929. The van der Waals surface area contributed by atoms with Gasteiger partial charge in [0, 0.05) is 25.8 Å². The highest BCUT2D eigenvalue weighted by atomic mass is 32.2. The molecule has 0 spiro atoms. The molecule has 0 saturated heterocycles. The minimum atomic E-state index is -3.34. The van der Waals surface area contributed by atoms with Crippen molar-refractivity contribution < 1.29 is 8.42 Å². The molecule has 5 heteroatoms. The van der Waals surface area contributed by atoms with E-state index in [1.807, 2.05) is 12.1 Å². The number of benzene rings is 1. The van der Waals surface area contributed by atoms with Crippen LogP contribution in [0.25, 0.3) is 0 Å². The Hall–Kier alpha value is -1.07. The lowest BCUT2D eigenvalue weighted by atomic mass is 9.79. The van der Waals surface area contributed by atoms with Crippen molar-refractivity contribution in [3.63, 3.8) is 0 Å². The molecule has 3 unspecified atom stereocenters. The van der Waals surface area contributed by atoms with E-state index in [9.17, 15) is 8.42 Å². The van der Waals surface area contributed by atoms with Gasteiger partial charge in [-0.1, -0.05) is 13.8 Å². The van der Waals surface area contributed by atoms with Crippen LogP contribution in [0.1, 0.15) is 33.1 Å². The zero-order chi connectivity index (χ0) is 15.6. The number of rotatable bonds is 4. The molecule has 0 bridgehead atoms.